The molecule has 2 N–H and O–H groups in total. The monoisotopic (exact) mass is 377 g/mol. The van der Waals surface area contributed by atoms with E-state index in [2.05, 4.69) is 53.2 Å². The van der Waals surface area contributed by atoms with Crippen LogP contribution in [0.1, 0.15) is 12.5 Å². The fraction of sp³-hybridized carbons (Fsp3) is 0.364. The average molecular weight is 377 g/mol. The van der Waals surface area contributed by atoms with E-state index in [1.807, 2.05) is 24.3 Å². The molecule has 1 fully saturated rings. The zero-order chi connectivity index (χ0) is 19.5. The fourth-order valence-corrected chi connectivity index (χ4v) is 3.84. The molecule has 6 nitrogen and oxygen atoms in total. The molecule has 1 unspecified atom stereocenters. The number of aliphatic hydroxyl groups is 1. The van der Waals surface area contributed by atoms with Crippen molar-refractivity contribution in [1.29, 1.82) is 0 Å². The van der Waals surface area contributed by atoms with Gasteiger partial charge in [-0.3, -0.25) is 0 Å². The number of aliphatic hydroxyl groups excluding tert-OH is 1. The highest BCUT2D eigenvalue weighted by Crippen LogP contribution is 2.27. The van der Waals surface area contributed by atoms with Crippen LogP contribution in [0.15, 0.2) is 48.5 Å². The Morgan fingerprint density at radius 1 is 1.11 bits per heavy atom. The van der Waals surface area contributed by atoms with Gasteiger partial charge in [-0.05, 0) is 43.7 Å². The van der Waals surface area contributed by atoms with Gasteiger partial charge in [-0.25, -0.2) is 4.98 Å². The summed E-state index contributed by atoms with van der Waals surface area (Å²) < 4.78 is 0. The second-order valence-corrected chi connectivity index (χ2v) is 7.37. The predicted octanol–water partition coefficient (Wildman–Crippen LogP) is 3.06. The number of benzene rings is 2. The van der Waals surface area contributed by atoms with Gasteiger partial charge in [0.15, 0.2) is 0 Å². The fourth-order valence-electron chi connectivity index (χ4n) is 3.84. The van der Waals surface area contributed by atoms with Crippen molar-refractivity contribution in [3.8, 4) is 0 Å². The Morgan fingerprint density at radius 2 is 1.96 bits per heavy atom. The zero-order valence-corrected chi connectivity index (χ0v) is 16.5. The van der Waals surface area contributed by atoms with Gasteiger partial charge in [0.2, 0.25) is 5.95 Å². The Balaban J connectivity index is 1.59. The van der Waals surface area contributed by atoms with Crippen molar-refractivity contribution in [2.24, 2.45) is 0 Å². The Morgan fingerprint density at radius 3 is 2.75 bits per heavy atom. The molecule has 1 atom stereocenters. The van der Waals surface area contributed by atoms with Gasteiger partial charge in [-0.1, -0.05) is 24.3 Å². The first kappa shape index (κ1) is 18.5. The molecule has 0 spiro atoms. The maximum absolute atomic E-state index is 9.19. The smallest absolute Gasteiger partial charge is 0.228 e. The molecule has 1 aliphatic heterocycles. The third kappa shape index (κ3) is 3.73. The van der Waals surface area contributed by atoms with Gasteiger partial charge in [0.25, 0.3) is 0 Å². The second kappa shape index (κ2) is 8.02. The Bertz CT molecular complexity index is 961. The maximum Gasteiger partial charge on any atom is 0.228 e. The van der Waals surface area contributed by atoms with E-state index >= 15 is 0 Å². The summed E-state index contributed by atoms with van der Waals surface area (Å²) >= 11 is 0. The number of hydrogen-bond donors (Lipinski definition) is 2. The Labute approximate surface area is 165 Å². The lowest BCUT2D eigenvalue weighted by molar-refractivity contribution is 0.311. The number of nitrogens with zero attached hydrogens (tertiary/aromatic N) is 4. The third-order valence-electron chi connectivity index (χ3n) is 5.24. The summed E-state index contributed by atoms with van der Waals surface area (Å²) in [6.07, 6.45) is 0. The molecule has 146 valence electrons. The molecule has 3 aromatic rings. The first-order valence-corrected chi connectivity index (χ1v) is 9.85. The molecular weight excluding hydrogens is 350 g/mol. The van der Waals surface area contributed by atoms with Gasteiger partial charge < -0.3 is 20.2 Å². The number of fused-ring (bicyclic) bond motifs is 1. The first-order valence-electron chi connectivity index (χ1n) is 9.85. The van der Waals surface area contributed by atoms with Crippen LogP contribution in [-0.2, 0) is 0 Å². The average Bonchev–Trinajstić information content (AvgIpc) is 2.71. The lowest BCUT2D eigenvalue weighted by Crippen LogP contribution is -2.52. The van der Waals surface area contributed by atoms with E-state index in [1.54, 1.807) is 0 Å². The van der Waals surface area contributed by atoms with Crippen molar-refractivity contribution in [2.75, 3.05) is 47.9 Å². The van der Waals surface area contributed by atoms with Crippen molar-refractivity contribution in [3.05, 3.63) is 54.1 Å². The van der Waals surface area contributed by atoms with E-state index in [1.165, 1.54) is 11.3 Å². The number of para-hydroxylation sites is 1. The number of aromatic nitrogens is 2. The van der Waals surface area contributed by atoms with Crippen molar-refractivity contribution in [3.63, 3.8) is 0 Å². The summed E-state index contributed by atoms with van der Waals surface area (Å²) in [4.78, 5) is 14.3. The van der Waals surface area contributed by atoms with Gasteiger partial charge in [0.05, 0.1) is 12.1 Å². The van der Waals surface area contributed by atoms with Crippen LogP contribution in [0.4, 0.5) is 17.5 Å². The summed E-state index contributed by atoms with van der Waals surface area (Å²) in [5.41, 5.74) is 3.48. The van der Waals surface area contributed by atoms with Gasteiger partial charge in [-0.15, -0.1) is 0 Å². The van der Waals surface area contributed by atoms with E-state index in [-0.39, 0.29) is 6.61 Å². The summed E-state index contributed by atoms with van der Waals surface area (Å²) in [7, 11) is 0. The molecule has 28 heavy (non-hydrogen) atoms. The normalized spacial score (nSPS) is 17.2. The first-order chi connectivity index (χ1) is 13.7. The maximum atomic E-state index is 9.19. The number of piperazine rings is 1. The molecule has 2 heterocycles. The van der Waals surface area contributed by atoms with E-state index in [0.29, 0.717) is 12.6 Å². The molecule has 0 bridgehead atoms. The van der Waals surface area contributed by atoms with Crippen molar-refractivity contribution < 1.29 is 5.11 Å². The molecule has 0 amide bonds. The van der Waals surface area contributed by atoms with Crippen LogP contribution in [0.3, 0.4) is 0 Å². The molecule has 6 heteroatoms. The Hall–Kier alpha value is -2.86. The Kier molecular flexibility index (Phi) is 5.30. The molecule has 0 saturated carbocycles. The molecule has 1 aliphatic rings. The molecule has 0 radical (unpaired) electrons. The minimum atomic E-state index is 0.0693. The standard InChI is InChI=1S/C22H27N5O/c1-16-6-5-7-18(14-16)27-12-11-26(15-17(27)2)22-24-20-9-4-3-8-19(20)21(25-22)23-10-13-28/h3-9,14,17,28H,10-13,15H2,1-2H3,(H,23,24,25). The van der Waals surface area contributed by atoms with Crippen LogP contribution in [0, 0.1) is 6.92 Å². The largest absolute Gasteiger partial charge is 0.395 e. The molecular formula is C22H27N5O. The molecule has 1 aromatic heterocycles. The highest BCUT2D eigenvalue weighted by Gasteiger charge is 2.26. The van der Waals surface area contributed by atoms with Crippen LogP contribution in [-0.4, -0.2) is 53.9 Å². The van der Waals surface area contributed by atoms with E-state index < -0.39 is 0 Å². The lowest BCUT2D eigenvalue weighted by Gasteiger charge is -2.41. The van der Waals surface area contributed by atoms with E-state index in [4.69, 9.17) is 9.97 Å². The predicted molar refractivity (Wildman–Crippen MR) is 115 cm³/mol. The molecule has 1 saturated heterocycles. The quantitative estimate of drug-likeness (QED) is 0.713. The number of rotatable bonds is 5. The number of aryl methyl sites for hydroxylation is 1. The number of hydrogen-bond acceptors (Lipinski definition) is 6. The van der Waals surface area contributed by atoms with Crippen LogP contribution < -0.4 is 15.1 Å². The highest BCUT2D eigenvalue weighted by molar-refractivity contribution is 5.90. The van der Waals surface area contributed by atoms with Gasteiger partial charge in [-0.2, -0.15) is 4.98 Å². The van der Waals surface area contributed by atoms with Crippen molar-refractivity contribution in [2.45, 2.75) is 19.9 Å². The van der Waals surface area contributed by atoms with Crippen LogP contribution in [0.25, 0.3) is 10.9 Å². The lowest BCUT2D eigenvalue weighted by atomic mass is 10.1. The highest BCUT2D eigenvalue weighted by atomic mass is 16.3. The zero-order valence-electron chi connectivity index (χ0n) is 16.5. The summed E-state index contributed by atoms with van der Waals surface area (Å²) in [5.74, 6) is 1.53. The number of nitrogens with one attached hydrogen (secondary N) is 1. The van der Waals surface area contributed by atoms with Crippen LogP contribution in [0.5, 0.6) is 0 Å². The van der Waals surface area contributed by atoms with E-state index in [9.17, 15) is 5.11 Å². The summed E-state index contributed by atoms with van der Waals surface area (Å²) in [6, 6.07) is 17.0. The third-order valence-corrected chi connectivity index (χ3v) is 5.24. The SMILES string of the molecule is Cc1cccc(N2CCN(c3nc(NCCO)c4ccccc4n3)CC2C)c1. The van der Waals surface area contributed by atoms with Gasteiger partial charge >= 0.3 is 0 Å². The topological polar surface area (TPSA) is 64.5 Å². The summed E-state index contributed by atoms with van der Waals surface area (Å²) in [6.45, 7) is 7.59. The molecule has 4 rings (SSSR count). The molecule has 0 aliphatic carbocycles. The minimum absolute atomic E-state index is 0.0693. The van der Waals surface area contributed by atoms with Crippen LogP contribution in [0.2, 0.25) is 0 Å². The van der Waals surface area contributed by atoms with Gasteiger partial charge in [0, 0.05) is 43.3 Å². The van der Waals surface area contributed by atoms with Crippen LogP contribution >= 0.6 is 0 Å². The van der Waals surface area contributed by atoms with Crippen molar-refractivity contribution >= 4 is 28.4 Å². The molecule has 2 aromatic carbocycles. The summed E-state index contributed by atoms with van der Waals surface area (Å²) in [5, 5.41) is 13.4. The second-order valence-electron chi connectivity index (χ2n) is 7.37. The number of anilines is 3. The van der Waals surface area contributed by atoms with E-state index in [0.717, 1.165) is 42.3 Å². The van der Waals surface area contributed by atoms with Crippen molar-refractivity contribution in [1.82, 2.24) is 9.97 Å². The minimum Gasteiger partial charge on any atom is -0.395 e. The van der Waals surface area contributed by atoms with Gasteiger partial charge in [0.1, 0.15) is 5.82 Å².